The average Bonchev–Trinajstić information content (AvgIpc) is 2.95. The summed E-state index contributed by atoms with van der Waals surface area (Å²) in [5.41, 5.74) is 5.62. The third-order valence-electron chi connectivity index (χ3n) is 2.17. The van der Waals surface area contributed by atoms with Gasteiger partial charge in [0.1, 0.15) is 5.82 Å². The molecule has 0 aliphatic carbocycles. The normalized spacial score (nSPS) is 11.3. The molecule has 92 valence electrons. The summed E-state index contributed by atoms with van der Waals surface area (Å²) in [6.45, 7) is 4.52. The maximum absolute atomic E-state index is 5.62. The minimum Gasteiger partial charge on any atom is -0.339 e. The van der Waals surface area contributed by atoms with Crippen LogP contribution in [0.4, 0.5) is 0 Å². The van der Waals surface area contributed by atoms with E-state index in [1.165, 1.54) is 18.1 Å². The van der Waals surface area contributed by atoms with Crippen molar-refractivity contribution in [2.75, 3.05) is 0 Å². The predicted molar refractivity (Wildman–Crippen MR) is 62.2 cm³/mol. The minimum atomic E-state index is 0.272. The molecule has 17 heavy (non-hydrogen) atoms. The molecule has 0 saturated carbocycles. The zero-order valence-electron chi connectivity index (χ0n) is 9.70. The first-order valence-electron chi connectivity index (χ1n) is 5.24. The SMILES string of the molecule is CC(C)n1c(CN)nnc1SCc1ncno1. The first-order valence-corrected chi connectivity index (χ1v) is 6.23. The van der Waals surface area contributed by atoms with E-state index < -0.39 is 0 Å². The van der Waals surface area contributed by atoms with Crippen LogP contribution in [0.15, 0.2) is 16.0 Å². The van der Waals surface area contributed by atoms with Gasteiger partial charge in [-0.1, -0.05) is 16.9 Å². The maximum Gasteiger partial charge on any atom is 0.236 e. The van der Waals surface area contributed by atoms with Crippen LogP contribution in [-0.4, -0.2) is 24.9 Å². The highest BCUT2D eigenvalue weighted by Gasteiger charge is 2.14. The summed E-state index contributed by atoms with van der Waals surface area (Å²) in [6, 6.07) is 0.272. The highest BCUT2D eigenvalue weighted by Crippen LogP contribution is 2.23. The summed E-state index contributed by atoms with van der Waals surface area (Å²) in [5.74, 6) is 1.94. The van der Waals surface area contributed by atoms with Crippen LogP contribution < -0.4 is 5.73 Å². The highest BCUT2D eigenvalue weighted by atomic mass is 32.2. The van der Waals surface area contributed by atoms with E-state index in [-0.39, 0.29) is 6.04 Å². The van der Waals surface area contributed by atoms with Gasteiger partial charge in [0.25, 0.3) is 0 Å². The van der Waals surface area contributed by atoms with Crippen LogP contribution in [0.5, 0.6) is 0 Å². The maximum atomic E-state index is 5.62. The van der Waals surface area contributed by atoms with Gasteiger partial charge in [0.2, 0.25) is 5.89 Å². The van der Waals surface area contributed by atoms with E-state index >= 15 is 0 Å². The third-order valence-corrected chi connectivity index (χ3v) is 3.09. The number of thioether (sulfide) groups is 1. The number of hydrogen-bond acceptors (Lipinski definition) is 7. The fourth-order valence-electron chi connectivity index (χ4n) is 1.45. The quantitative estimate of drug-likeness (QED) is 0.795. The zero-order chi connectivity index (χ0) is 12.3. The molecule has 2 aromatic heterocycles. The van der Waals surface area contributed by atoms with E-state index in [4.69, 9.17) is 10.3 Å². The summed E-state index contributed by atoms with van der Waals surface area (Å²) in [5, 5.41) is 12.5. The predicted octanol–water partition coefficient (Wildman–Crippen LogP) is 0.993. The van der Waals surface area contributed by atoms with Gasteiger partial charge in [-0.3, -0.25) is 0 Å². The van der Waals surface area contributed by atoms with Crippen LogP contribution in [0.2, 0.25) is 0 Å². The topological polar surface area (TPSA) is 95.7 Å². The third kappa shape index (κ3) is 2.64. The van der Waals surface area contributed by atoms with Crippen molar-refractivity contribution >= 4 is 11.8 Å². The summed E-state index contributed by atoms with van der Waals surface area (Å²) in [4.78, 5) is 3.95. The monoisotopic (exact) mass is 254 g/mol. The van der Waals surface area contributed by atoms with Crippen molar-refractivity contribution in [3.8, 4) is 0 Å². The molecule has 0 bridgehead atoms. The number of nitrogens with two attached hydrogens (primary N) is 1. The Morgan fingerprint density at radius 1 is 1.47 bits per heavy atom. The Labute approximate surface area is 103 Å². The van der Waals surface area contributed by atoms with Gasteiger partial charge in [-0.25, -0.2) is 0 Å². The first-order chi connectivity index (χ1) is 8.22. The molecule has 0 fully saturated rings. The number of nitrogens with zero attached hydrogens (tertiary/aromatic N) is 5. The second kappa shape index (κ2) is 5.28. The molecular weight excluding hydrogens is 240 g/mol. The van der Waals surface area contributed by atoms with Crippen molar-refractivity contribution in [3.63, 3.8) is 0 Å². The minimum absolute atomic E-state index is 0.272. The second-order valence-corrected chi connectivity index (χ2v) is 4.63. The lowest BCUT2D eigenvalue weighted by Gasteiger charge is -2.11. The smallest absolute Gasteiger partial charge is 0.236 e. The molecule has 2 rings (SSSR count). The molecule has 2 aromatic rings. The Morgan fingerprint density at radius 2 is 2.29 bits per heavy atom. The van der Waals surface area contributed by atoms with E-state index in [1.807, 2.05) is 4.57 Å². The molecule has 2 N–H and O–H groups in total. The van der Waals surface area contributed by atoms with Gasteiger partial charge in [0, 0.05) is 6.04 Å². The molecule has 0 unspecified atom stereocenters. The van der Waals surface area contributed by atoms with Crippen molar-refractivity contribution in [3.05, 3.63) is 18.0 Å². The molecule has 8 heteroatoms. The standard InChI is InChI=1S/C9H14N6OS/c1-6(2)15-7(3-10)13-14-9(15)17-4-8-11-5-12-16-8/h5-6H,3-4,10H2,1-2H3. The van der Waals surface area contributed by atoms with Crippen molar-refractivity contribution in [1.82, 2.24) is 24.9 Å². The fourth-order valence-corrected chi connectivity index (χ4v) is 2.38. The summed E-state index contributed by atoms with van der Waals surface area (Å²) in [6.07, 6.45) is 1.38. The van der Waals surface area contributed by atoms with Gasteiger partial charge >= 0.3 is 0 Å². The van der Waals surface area contributed by atoms with Gasteiger partial charge in [0.15, 0.2) is 11.5 Å². The van der Waals surface area contributed by atoms with Crippen LogP contribution in [0.3, 0.4) is 0 Å². The molecule has 0 aliphatic heterocycles. The van der Waals surface area contributed by atoms with Crippen molar-refractivity contribution < 1.29 is 4.52 Å². The Bertz CT molecular complexity index is 466. The molecule has 7 nitrogen and oxygen atoms in total. The number of aromatic nitrogens is 5. The van der Waals surface area contributed by atoms with Crippen molar-refractivity contribution in [2.24, 2.45) is 5.73 Å². The van der Waals surface area contributed by atoms with E-state index in [2.05, 4.69) is 34.2 Å². The lowest BCUT2D eigenvalue weighted by Crippen LogP contribution is -2.11. The second-order valence-electron chi connectivity index (χ2n) is 3.69. The number of hydrogen-bond donors (Lipinski definition) is 1. The molecule has 0 radical (unpaired) electrons. The molecule has 0 saturated heterocycles. The Kier molecular flexibility index (Phi) is 3.75. The largest absolute Gasteiger partial charge is 0.339 e. The van der Waals surface area contributed by atoms with E-state index in [0.717, 1.165) is 11.0 Å². The van der Waals surface area contributed by atoms with Crippen LogP contribution in [0.1, 0.15) is 31.6 Å². The van der Waals surface area contributed by atoms with Gasteiger partial charge in [-0.2, -0.15) is 4.98 Å². The molecule has 0 spiro atoms. The zero-order valence-corrected chi connectivity index (χ0v) is 10.5. The highest BCUT2D eigenvalue weighted by molar-refractivity contribution is 7.98. The number of rotatable bonds is 5. The van der Waals surface area contributed by atoms with Crippen LogP contribution in [0, 0.1) is 0 Å². The molecule has 0 aliphatic rings. The van der Waals surface area contributed by atoms with Crippen molar-refractivity contribution in [2.45, 2.75) is 37.3 Å². The molecule has 0 amide bonds. The summed E-state index contributed by atoms with van der Waals surface area (Å²) >= 11 is 1.51. The first kappa shape index (κ1) is 12.1. The fraction of sp³-hybridized carbons (Fsp3) is 0.556. The van der Waals surface area contributed by atoms with E-state index in [0.29, 0.717) is 18.2 Å². The summed E-state index contributed by atoms with van der Waals surface area (Å²) < 4.78 is 6.94. The van der Waals surface area contributed by atoms with E-state index in [9.17, 15) is 0 Å². The Morgan fingerprint density at radius 3 is 2.88 bits per heavy atom. The lowest BCUT2D eigenvalue weighted by molar-refractivity contribution is 0.390. The van der Waals surface area contributed by atoms with Gasteiger partial charge < -0.3 is 14.8 Å². The lowest BCUT2D eigenvalue weighted by atomic mass is 10.4. The summed E-state index contributed by atoms with van der Waals surface area (Å²) in [7, 11) is 0. The van der Waals surface area contributed by atoms with E-state index in [1.54, 1.807) is 0 Å². The Balaban J connectivity index is 2.12. The Hall–Kier alpha value is -1.41. The van der Waals surface area contributed by atoms with Gasteiger partial charge in [-0.15, -0.1) is 10.2 Å². The average molecular weight is 254 g/mol. The van der Waals surface area contributed by atoms with Crippen LogP contribution in [-0.2, 0) is 12.3 Å². The van der Waals surface area contributed by atoms with Crippen molar-refractivity contribution in [1.29, 1.82) is 0 Å². The van der Waals surface area contributed by atoms with Crippen LogP contribution in [0.25, 0.3) is 0 Å². The van der Waals surface area contributed by atoms with Crippen LogP contribution >= 0.6 is 11.8 Å². The molecule has 0 aromatic carbocycles. The molecule has 0 atom stereocenters. The van der Waals surface area contributed by atoms with Gasteiger partial charge in [0.05, 0.1) is 12.3 Å². The molecular formula is C9H14N6OS. The molecule has 2 heterocycles. The van der Waals surface area contributed by atoms with Gasteiger partial charge in [-0.05, 0) is 13.8 Å².